The fourth-order valence-electron chi connectivity index (χ4n) is 7.47. The summed E-state index contributed by atoms with van der Waals surface area (Å²) in [6.45, 7) is -0.362. The zero-order chi connectivity index (χ0) is 47.7. The molecule has 0 spiro atoms. The molecule has 23 nitrogen and oxygen atoms in total. The van der Waals surface area contributed by atoms with Crippen molar-refractivity contribution in [1.82, 2.24) is 0 Å². The third-order valence-corrected chi connectivity index (χ3v) is 11.1. The molecular formula is C43H48O23. The van der Waals surface area contributed by atoms with Crippen LogP contribution in [-0.4, -0.2) is 180 Å². The summed E-state index contributed by atoms with van der Waals surface area (Å²) in [6.07, 6.45) is -23.8. The number of aromatic hydroxyl groups is 3. The Morgan fingerprint density at radius 2 is 1.33 bits per heavy atom. The van der Waals surface area contributed by atoms with Crippen LogP contribution in [0.1, 0.15) is 12.5 Å². The maximum atomic E-state index is 14.5. The maximum absolute atomic E-state index is 14.5. The normalized spacial score (nSPS) is 32.6. The van der Waals surface area contributed by atoms with Gasteiger partial charge in [-0.3, -0.25) is 4.79 Å². The Hall–Kier alpha value is -5.64. The molecule has 3 aliphatic rings. The van der Waals surface area contributed by atoms with Crippen molar-refractivity contribution in [3.63, 3.8) is 0 Å². The SMILES string of the molecule is COc1cc(/C=C/C(=O)OC2[C@H](Oc3cc(O)c4c(=O)c(O[C@@H]5OC(CO)[C@@H](O)C(O)C5O[C@@H]5OC(C)[C@H](O)C(O)[C@@H]5O)c(-c5ccc(O)cc5)oc4c3)OC(CO)[C@@H](O)[C@@H]2O)ccc1O. The number of carbonyl (C=O) groups is 1. The standard InChI is InChI=1S/C43H48O23/c1-16-29(50)33(54)36(57)41(59-16)66-40-35(56)31(52)26(15-45)63-43(40)65-38-32(53)28-22(48)12-20(13-24(28)61-37(38)18-5-7-19(46)8-6-18)60-42-39(34(55)30(51)25(14-44)62-42)64-27(49)10-4-17-3-9-21(47)23(11-17)58-2/h3-13,16,25-26,29-31,33-36,39-48,50-52,54-57H,14-15H2,1-2H3/b10-4+/t16?,25?,26?,29-,30+,31+,33?,34-,35?,36-,39?,40?,41-,42+,43-/m0/s1. The summed E-state index contributed by atoms with van der Waals surface area (Å²) in [4.78, 5) is 27.5. The molecule has 358 valence electrons. The van der Waals surface area contributed by atoms with Crippen LogP contribution in [0.4, 0.5) is 0 Å². The highest BCUT2D eigenvalue weighted by molar-refractivity contribution is 5.89. The molecule has 3 saturated heterocycles. The van der Waals surface area contributed by atoms with Crippen molar-refractivity contribution in [2.45, 2.75) is 99.0 Å². The first-order chi connectivity index (χ1) is 31.4. The van der Waals surface area contributed by atoms with E-state index >= 15 is 0 Å². The van der Waals surface area contributed by atoms with E-state index in [1.807, 2.05) is 0 Å². The van der Waals surface area contributed by atoms with Crippen molar-refractivity contribution >= 4 is 23.0 Å². The van der Waals surface area contributed by atoms with Crippen molar-refractivity contribution in [3.8, 4) is 45.8 Å². The van der Waals surface area contributed by atoms with Crippen molar-refractivity contribution < 1.29 is 108 Å². The summed E-state index contributed by atoms with van der Waals surface area (Å²) in [7, 11) is 1.33. The average molecular weight is 933 g/mol. The summed E-state index contributed by atoms with van der Waals surface area (Å²) in [5.74, 6) is -3.61. The van der Waals surface area contributed by atoms with Gasteiger partial charge in [-0.2, -0.15) is 0 Å². The predicted molar refractivity (Wildman–Crippen MR) is 219 cm³/mol. The number of fused-ring (bicyclic) bond motifs is 1. The molecule has 0 aliphatic carbocycles. The van der Waals surface area contributed by atoms with Crippen LogP contribution in [0.25, 0.3) is 28.4 Å². The van der Waals surface area contributed by atoms with Crippen molar-refractivity contribution in [1.29, 1.82) is 0 Å². The molecule has 1 aromatic heterocycles. The Morgan fingerprint density at radius 1 is 0.697 bits per heavy atom. The van der Waals surface area contributed by atoms with Crippen molar-refractivity contribution in [3.05, 3.63) is 76.5 Å². The first-order valence-corrected chi connectivity index (χ1v) is 20.3. The van der Waals surface area contributed by atoms with Crippen LogP contribution in [0.3, 0.4) is 0 Å². The van der Waals surface area contributed by atoms with Crippen LogP contribution in [-0.2, 0) is 28.5 Å². The van der Waals surface area contributed by atoms with Crippen LogP contribution in [0.2, 0.25) is 0 Å². The Kier molecular flexibility index (Phi) is 14.7. The minimum absolute atomic E-state index is 0.0569. The van der Waals surface area contributed by atoms with E-state index in [9.17, 15) is 70.9 Å². The number of aliphatic hydroxyl groups excluding tert-OH is 9. The molecule has 0 radical (unpaired) electrons. The van der Waals surface area contributed by atoms with Gasteiger partial charge in [-0.1, -0.05) is 6.07 Å². The second-order valence-electron chi connectivity index (χ2n) is 15.5. The minimum Gasteiger partial charge on any atom is -0.508 e. The average Bonchev–Trinajstić information content (AvgIpc) is 3.29. The second-order valence-corrected chi connectivity index (χ2v) is 15.5. The van der Waals surface area contributed by atoms with Crippen LogP contribution in [0.5, 0.6) is 34.5 Å². The summed E-state index contributed by atoms with van der Waals surface area (Å²) < 4.78 is 51.3. The Balaban J connectivity index is 1.24. The number of aliphatic hydroxyl groups is 9. The van der Waals surface area contributed by atoms with Gasteiger partial charge in [0.1, 0.15) is 83.2 Å². The van der Waals surface area contributed by atoms with E-state index in [0.29, 0.717) is 5.56 Å². The maximum Gasteiger partial charge on any atom is 0.331 e. The summed E-state index contributed by atoms with van der Waals surface area (Å²) in [5, 5.41) is 126. The first kappa shape index (κ1) is 48.3. The number of phenolic OH excluding ortho intramolecular Hbond substituents is 3. The Labute approximate surface area is 372 Å². The van der Waals surface area contributed by atoms with Gasteiger partial charge in [0, 0.05) is 23.8 Å². The monoisotopic (exact) mass is 932 g/mol. The molecule has 66 heavy (non-hydrogen) atoms. The fourth-order valence-corrected chi connectivity index (χ4v) is 7.47. The van der Waals surface area contributed by atoms with Gasteiger partial charge in [0.15, 0.2) is 35.8 Å². The second kappa shape index (κ2) is 20.1. The minimum atomic E-state index is -1.98. The van der Waals surface area contributed by atoms with E-state index in [1.54, 1.807) is 0 Å². The molecule has 3 aromatic carbocycles. The number of hydrogen-bond acceptors (Lipinski definition) is 23. The van der Waals surface area contributed by atoms with Crippen LogP contribution in [0.15, 0.2) is 69.9 Å². The lowest BCUT2D eigenvalue weighted by atomic mass is 9.97. The highest BCUT2D eigenvalue weighted by Crippen LogP contribution is 2.40. The van der Waals surface area contributed by atoms with Gasteiger partial charge < -0.3 is 104 Å². The highest BCUT2D eigenvalue weighted by Gasteiger charge is 2.52. The first-order valence-electron chi connectivity index (χ1n) is 20.3. The van der Waals surface area contributed by atoms with E-state index < -0.39 is 145 Å². The highest BCUT2D eigenvalue weighted by atomic mass is 16.8. The van der Waals surface area contributed by atoms with Gasteiger partial charge >= 0.3 is 5.97 Å². The molecule has 4 aromatic rings. The lowest BCUT2D eigenvalue weighted by Crippen LogP contribution is -2.64. The molecule has 3 aliphatic heterocycles. The van der Waals surface area contributed by atoms with E-state index in [4.69, 9.17) is 42.3 Å². The number of methoxy groups -OCH3 is 1. The van der Waals surface area contributed by atoms with Gasteiger partial charge in [-0.15, -0.1) is 0 Å². The van der Waals surface area contributed by atoms with Gasteiger partial charge in [-0.25, -0.2) is 4.79 Å². The number of benzene rings is 3. The topological polar surface area (TPSA) is 364 Å². The molecule has 12 N–H and O–H groups in total. The number of esters is 1. The van der Waals surface area contributed by atoms with Crippen LogP contribution >= 0.6 is 0 Å². The zero-order valence-corrected chi connectivity index (χ0v) is 34.8. The molecule has 7 rings (SSSR count). The third-order valence-electron chi connectivity index (χ3n) is 11.1. The Morgan fingerprint density at radius 3 is 1.97 bits per heavy atom. The van der Waals surface area contributed by atoms with Gasteiger partial charge in [0.25, 0.3) is 0 Å². The number of ether oxygens (including phenoxy) is 8. The molecule has 4 heterocycles. The molecule has 7 unspecified atom stereocenters. The molecule has 23 heteroatoms. The quantitative estimate of drug-likeness (QED) is 0.0512. The Bertz CT molecular complexity index is 2420. The molecular weight excluding hydrogens is 884 g/mol. The summed E-state index contributed by atoms with van der Waals surface area (Å²) >= 11 is 0. The van der Waals surface area contributed by atoms with Crippen LogP contribution < -0.4 is 19.6 Å². The number of hydrogen-bond donors (Lipinski definition) is 12. The van der Waals surface area contributed by atoms with Gasteiger partial charge in [-0.05, 0) is 55.0 Å². The van der Waals surface area contributed by atoms with Gasteiger partial charge in [0.2, 0.25) is 23.8 Å². The lowest BCUT2D eigenvalue weighted by Gasteiger charge is -2.45. The molecule has 0 saturated carbocycles. The number of carbonyl (C=O) groups excluding carboxylic acids is 1. The van der Waals surface area contributed by atoms with E-state index in [1.165, 1.54) is 62.6 Å². The largest absolute Gasteiger partial charge is 0.508 e. The molecule has 0 bridgehead atoms. The van der Waals surface area contributed by atoms with E-state index in [2.05, 4.69) is 0 Å². The summed E-state index contributed by atoms with van der Waals surface area (Å²) in [5.41, 5.74) is -1.05. The van der Waals surface area contributed by atoms with Crippen molar-refractivity contribution in [2.75, 3.05) is 20.3 Å². The predicted octanol–water partition coefficient (Wildman–Crippen LogP) is -1.94. The van der Waals surface area contributed by atoms with E-state index in [-0.39, 0.29) is 28.6 Å². The fraction of sp³-hybridized carbons (Fsp3) is 0.442. The summed E-state index contributed by atoms with van der Waals surface area (Å²) in [6, 6.07) is 11.3. The molecule has 0 amide bonds. The number of rotatable bonds is 13. The zero-order valence-electron chi connectivity index (χ0n) is 34.8. The van der Waals surface area contributed by atoms with Gasteiger partial charge in [0.05, 0.1) is 26.4 Å². The smallest absolute Gasteiger partial charge is 0.331 e. The molecule has 15 atom stereocenters. The van der Waals surface area contributed by atoms with Crippen LogP contribution in [0, 0.1) is 0 Å². The van der Waals surface area contributed by atoms with E-state index in [0.717, 1.165) is 18.2 Å². The number of phenols is 3. The van der Waals surface area contributed by atoms with Crippen molar-refractivity contribution in [2.24, 2.45) is 0 Å². The third kappa shape index (κ3) is 9.75. The lowest BCUT2D eigenvalue weighted by molar-refractivity contribution is -0.354. The molecule has 3 fully saturated rings.